The summed E-state index contributed by atoms with van der Waals surface area (Å²) >= 11 is 0. The van der Waals surface area contributed by atoms with E-state index in [2.05, 4.69) is 54.6 Å². The van der Waals surface area contributed by atoms with Crippen molar-refractivity contribution >= 4 is 0 Å². The van der Waals surface area contributed by atoms with Gasteiger partial charge in [0.2, 0.25) is 0 Å². The van der Waals surface area contributed by atoms with Crippen molar-refractivity contribution in [2.75, 3.05) is 0 Å². The van der Waals surface area contributed by atoms with Crippen LogP contribution in [-0.2, 0) is 0 Å². The monoisotopic (exact) mass is 340 g/mol. The van der Waals surface area contributed by atoms with E-state index in [1.54, 1.807) is 0 Å². The molecule has 2 rings (SSSR count). The molecular weight excluding hydrogens is 304 g/mol. The molecule has 1 atom stereocenters. The quantitative estimate of drug-likeness (QED) is 0.375. The summed E-state index contributed by atoms with van der Waals surface area (Å²) in [6.07, 6.45) is 18.2. The second-order valence-corrected chi connectivity index (χ2v) is 7.64. The van der Waals surface area contributed by atoms with E-state index in [1.807, 2.05) is 18.7 Å². The molecule has 1 heterocycles. The van der Waals surface area contributed by atoms with Gasteiger partial charge in [0.15, 0.2) is 0 Å². The number of hydrogen-bond acceptors (Lipinski definition) is 1. The largest absolute Gasteiger partial charge is 0.306 e. The maximum Gasteiger partial charge on any atom is 0.0991 e. The standard InChI is InChI=1S/C23H36N2/c1-4-5-6-7-8-9-10-11-14-21(20(2)3)22-15-12-13-16-23(22)25-18-17-24-19-25/h12-13,15-21H,4-11,14H2,1-3H3/t21-/m0/s1. The zero-order valence-corrected chi connectivity index (χ0v) is 16.5. The van der Waals surface area contributed by atoms with Crippen LogP contribution in [0.1, 0.15) is 90.0 Å². The first-order chi connectivity index (χ1) is 12.2. The molecule has 0 aliphatic carbocycles. The van der Waals surface area contributed by atoms with Crippen LogP contribution in [-0.4, -0.2) is 9.55 Å². The summed E-state index contributed by atoms with van der Waals surface area (Å²) in [7, 11) is 0. The van der Waals surface area contributed by atoms with Crippen molar-refractivity contribution in [1.82, 2.24) is 9.55 Å². The van der Waals surface area contributed by atoms with Gasteiger partial charge in [-0.2, -0.15) is 0 Å². The van der Waals surface area contributed by atoms with E-state index in [0.29, 0.717) is 11.8 Å². The highest BCUT2D eigenvalue weighted by Gasteiger charge is 2.19. The summed E-state index contributed by atoms with van der Waals surface area (Å²) in [6, 6.07) is 8.84. The zero-order chi connectivity index (χ0) is 17.9. The molecule has 2 nitrogen and oxygen atoms in total. The average Bonchev–Trinajstić information content (AvgIpc) is 3.15. The lowest BCUT2D eigenvalue weighted by Gasteiger charge is -2.24. The van der Waals surface area contributed by atoms with Gasteiger partial charge in [0.25, 0.3) is 0 Å². The topological polar surface area (TPSA) is 17.8 Å². The van der Waals surface area contributed by atoms with Crippen LogP contribution in [0.25, 0.3) is 5.69 Å². The van der Waals surface area contributed by atoms with Crippen LogP contribution < -0.4 is 0 Å². The molecule has 1 aromatic carbocycles. The maximum atomic E-state index is 4.22. The Morgan fingerprint density at radius 1 is 0.920 bits per heavy atom. The first kappa shape index (κ1) is 19.8. The lowest BCUT2D eigenvalue weighted by Crippen LogP contribution is -2.10. The van der Waals surface area contributed by atoms with E-state index in [9.17, 15) is 0 Å². The number of aromatic nitrogens is 2. The molecule has 0 aliphatic rings. The van der Waals surface area contributed by atoms with Gasteiger partial charge < -0.3 is 4.57 Å². The van der Waals surface area contributed by atoms with E-state index < -0.39 is 0 Å². The molecule has 2 heteroatoms. The fourth-order valence-corrected chi connectivity index (χ4v) is 3.78. The minimum Gasteiger partial charge on any atom is -0.306 e. The van der Waals surface area contributed by atoms with Crippen molar-refractivity contribution in [3.8, 4) is 5.69 Å². The molecule has 0 saturated heterocycles. The fourth-order valence-electron chi connectivity index (χ4n) is 3.78. The number of hydrogen-bond donors (Lipinski definition) is 0. The molecule has 1 aromatic heterocycles. The highest BCUT2D eigenvalue weighted by atomic mass is 15.0. The molecule has 0 bridgehead atoms. The van der Waals surface area contributed by atoms with Crippen molar-refractivity contribution in [3.05, 3.63) is 48.5 Å². The van der Waals surface area contributed by atoms with Gasteiger partial charge in [-0.3, -0.25) is 0 Å². The lowest BCUT2D eigenvalue weighted by molar-refractivity contribution is 0.440. The number of para-hydroxylation sites is 1. The van der Waals surface area contributed by atoms with Crippen LogP contribution in [0, 0.1) is 5.92 Å². The van der Waals surface area contributed by atoms with Gasteiger partial charge in [0, 0.05) is 18.1 Å². The van der Waals surface area contributed by atoms with Crippen LogP contribution in [0.3, 0.4) is 0 Å². The molecule has 0 amide bonds. The van der Waals surface area contributed by atoms with E-state index >= 15 is 0 Å². The van der Waals surface area contributed by atoms with Crippen LogP contribution >= 0.6 is 0 Å². The first-order valence-corrected chi connectivity index (χ1v) is 10.3. The second kappa shape index (κ2) is 11.1. The van der Waals surface area contributed by atoms with Crippen molar-refractivity contribution in [2.24, 2.45) is 5.92 Å². The Bertz CT molecular complexity index is 572. The molecule has 0 spiro atoms. The minimum atomic E-state index is 0.624. The van der Waals surface area contributed by atoms with Gasteiger partial charge in [-0.1, -0.05) is 90.3 Å². The van der Waals surface area contributed by atoms with Gasteiger partial charge in [-0.15, -0.1) is 0 Å². The van der Waals surface area contributed by atoms with Gasteiger partial charge in [-0.05, 0) is 29.9 Å². The van der Waals surface area contributed by atoms with Crippen LogP contribution in [0.5, 0.6) is 0 Å². The second-order valence-electron chi connectivity index (χ2n) is 7.64. The predicted molar refractivity (Wildman–Crippen MR) is 108 cm³/mol. The number of rotatable bonds is 12. The summed E-state index contributed by atoms with van der Waals surface area (Å²) in [6.45, 7) is 7.01. The van der Waals surface area contributed by atoms with Crippen LogP contribution in [0.2, 0.25) is 0 Å². The zero-order valence-electron chi connectivity index (χ0n) is 16.5. The summed E-state index contributed by atoms with van der Waals surface area (Å²) in [4.78, 5) is 4.22. The van der Waals surface area contributed by atoms with Gasteiger partial charge in [0.05, 0.1) is 6.33 Å². The van der Waals surface area contributed by atoms with Gasteiger partial charge in [0.1, 0.15) is 0 Å². The highest BCUT2D eigenvalue weighted by molar-refractivity contribution is 5.43. The van der Waals surface area contributed by atoms with E-state index in [4.69, 9.17) is 0 Å². The Morgan fingerprint density at radius 2 is 1.60 bits per heavy atom. The fraction of sp³-hybridized carbons (Fsp3) is 0.609. The maximum absolute atomic E-state index is 4.22. The molecular formula is C23H36N2. The molecule has 0 unspecified atom stereocenters. The minimum absolute atomic E-state index is 0.624. The Morgan fingerprint density at radius 3 is 2.24 bits per heavy atom. The van der Waals surface area contributed by atoms with E-state index in [1.165, 1.54) is 69.0 Å². The molecule has 0 radical (unpaired) electrons. The van der Waals surface area contributed by atoms with E-state index in [0.717, 1.165) is 0 Å². The van der Waals surface area contributed by atoms with Crippen molar-refractivity contribution in [3.63, 3.8) is 0 Å². The first-order valence-electron chi connectivity index (χ1n) is 10.3. The van der Waals surface area contributed by atoms with Gasteiger partial charge >= 0.3 is 0 Å². The summed E-state index contributed by atoms with van der Waals surface area (Å²) in [5, 5.41) is 0. The summed E-state index contributed by atoms with van der Waals surface area (Å²) in [5.74, 6) is 1.29. The smallest absolute Gasteiger partial charge is 0.0991 e. The Balaban J connectivity index is 1.89. The van der Waals surface area contributed by atoms with Crippen LogP contribution in [0.4, 0.5) is 0 Å². The van der Waals surface area contributed by atoms with Crippen molar-refractivity contribution < 1.29 is 0 Å². The molecule has 2 aromatic rings. The molecule has 0 aliphatic heterocycles. The lowest BCUT2D eigenvalue weighted by atomic mass is 9.83. The average molecular weight is 341 g/mol. The number of unbranched alkanes of at least 4 members (excludes halogenated alkanes) is 7. The number of imidazole rings is 1. The summed E-state index contributed by atoms with van der Waals surface area (Å²) < 4.78 is 2.15. The van der Waals surface area contributed by atoms with Crippen molar-refractivity contribution in [2.45, 2.75) is 84.5 Å². The number of nitrogens with zero attached hydrogens (tertiary/aromatic N) is 2. The Labute approximate surface area is 154 Å². The normalized spacial score (nSPS) is 12.6. The van der Waals surface area contributed by atoms with Gasteiger partial charge in [-0.25, -0.2) is 4.98 Å². The van der Waals surface area contributed by atoms with Crippen LogP contribution in [0.15, 0.2) is 43.0 Å². The third kappa shape index (κ3) is 6.34. The molecule has 0 saturated carbocycles. The molecule has 0 fully saturated rings. The Kier molecular flexibility index (Phi) is 8.79. The van der Waals surface area contributed by atoms with E-state index in [-0.39, 0.29) is 0 Å². The molecule has 25 heavy (non-hydrogen) atoms. The number of benzene rings is 1. The molecule has 0 N–H and O–H groups in total. The van der Waals surface area contributed by atoms with Crippen molar-refractivity contribution in [1.29, 1.82) is 0 Å². The highest BCUT2D eigenvalue weighted by Crippen LogP contribution is 2.33. The third-order valence-electron chi connectivity index (χ3n) is 5.29. The summed E-state index contributed by atoms with van der Waals surface area (Å²) in [5.41, 5.74) is 2.76. The predicted octanol–water partition coefficient (Wildman–Crippen LogP) is 7.14. The SMILES string of the molecule is CCCCCCCCCC[C@H](c1ccccc1-n1ccnc1)C(C)C. The third-order valence-corrected chi connectivity index (χ3v) is 5.29. The molecule has 138 valence electrons. The Hall–Kier alpha value is -1.57.